The van der Waals surface area contributed by atoms with Gasteiger partial charge in [-0.2, -0.15) is 0 Å². The van der Waals surface area contributed by atoms with Crippen molar-refractivity contribution in [2.45, 2.75) is 45.6 Å². The van der Waals surface area contributed by atoms with E-state index in [2.05, 4.69) is 35.8 Å². The van der Waals surface area contributed by atoms with E-state index in [1.165, 1.54) is 24.2 Å². The molecule has 0 fully saturated rings. The van der Waals surface area contributed by atoms with Crippen LogP contribution in [0.3, 0.4) is 0 Å². The number of nitrogens with zero attached hydrogens (tertiary/aromatic N) is 2. The molecule has 0 aliphatic heterocycles. The molecule has 0 radical (unpaired) electrons. The highest BCUT2D eigenvalue weighted by molar-refractivity contribution is 5.75. The molecular formula is C15H23N3. The van der Waals surface area contributed by atoms with Gasteiger partial charge in [0.2, 0.25) is 0 Å². The Hall–Kier alpha value is -1.35. The maximum absolute atomic E-state index is 5.57. The lowest BCUT2D eigenvalue weighted by Gasteiger charge is -2.08. The van der Waals surface area contributed by atoms with Crippen LogP contribution in [0, 0.1) is 0 Å². The van der Waals surface area contributed by atoms with Crippen LogP contribution in [0.2, 0.25) is 0 Å². The van der Waals surface area contributed by atoms with Gasteiger partial charge in [-0.25, -0.2) is 4.98 Å². The highest BCUT2D eigenvalue weighted by Gasteiger charge is 2.09. The summed E-state index contributed by atoms with van der Waals surface area (Å²) in [5, 5.41) is 0. The minimum atomic E-state index is 0.775. The van der Waals surface area contributed by atoms with Crippen molar-refractivity contribution < 1.29 is 0 Å². The van der Waals surface area contributed by atoms with Crippen molar-refractivity contribution in [3.05, 3.63) is 30.1 Å². The quantitative estimate of drug-likeness (QED) is 0.762. The Morgan fingerprint density at radius 3 is 2.78 bits per heavy atom. The van der Waals surface area contributed by atoms with E-state index in [9.17, 15) is 0 Å². The van der Waals surface area contributed by atoms with Crippen molar-refractivity contribution in [2.75, 3.05) is 6.54 Å². The molecule has 0 spiro atoms. The number of hydrogen-bond donors (Lipinski definition) is 1. The highest BCUT2D eigenvalue weighted by Crippen LogP contribution is 2.18. The Labute approximate surface area is 109 Å². The monoisotopic (exact) mass is 245 g/mol. The molecule has 2 rings (SSSR count). The Morgan fingerprint density at radius 1 is 1.17 bits per heavy atom. The molecule has 1 heterocycles. The van der Waals surface area contributed by atoms with E-state index in [0.717, 1.165) is 37.9 Å². The number of rotatable bonds is 7. The number of fused-ring (bicyclic) bond motifs is 1. The Balaban J connectivity index is 2.25. The van der Waals surface area contributed by atoms with Gasteiger partial charge in [0.25, 0.3) is 0 Å². The average molecular weight is 245 g/mol. The zero-order valence-electron chi connectivity index (χ0n) is 11.2. The lowest BCUT2D eigenvalue weighted by atomic mass is 10.2. The number of hydrogen-bond acceptors (Lipinski definition) is 2. The molecule has 0 amide bonds. The van der Waals surface area contributed by atoms with E-state index < -0.39 is 0 Å². The van der Waals surface area contributed by atoms with E-state index in [-0.39, 0.29) is 0 Å². The van der Waals surface area contributed by atoms with Gasteiger partial charge in [-0.15, -0.1) is 0 Å². The predicted molar refractivity (Wildman–Crippen MR) is 76.6 cm³/mol. The summed E-state index contributed by atoms with van der Waals surface area (Å²) >= 11 is 0. The second kappa shape index (κ2) is 6.55. The third-order valence-electron chi connectivity index (χ3n) is 3.32. The summed E-state index contributed by atoms with van der Waals surface area (Å²) < 4.78 is 2.38. The van der Waals surface area contributed by atoms with Gasteiger partial charge in [0, 0.05) is 13.0 Å². The molecule has 3 heteroatoms. The summed E-state index contributed by atoms with van der Waals surface area (Å²) in [6.07, 6.45) is 5.72. The zero-order chi connectivity index (χ0) is 12.8. The van der Waals surface area contributed by atoms with Gasteiger partial charge >= 0.3 is 0 Å². The lowest BCUT2D eigenvalue weighted by molar-refractivity contribution is 0.592. The SMILES string of the molecule is CCCCc1nc2ccccc2n1CCCCN. The van der Waals surface area contributed by atoms with Crippen LogP contribution in [0.1, 0.15) is 38.4 Å². The summed E-state index contributed by atoms with van der Waals surface area (Å²) in [6.45, 7) is 4.04. The zero-order valence-corrected chi connectivity index (χ0v) is 11.2. The molecule has 0 saturated carbocycles. The van der Waals surface area contributed by atoms with Crippen LogP contribution >= 0.6 is 0 Å². The van der Waals surface area contributed by atoms with Crippen LogP contribution < -0.4 is 5.73 Å². The van der Waals surface area contributed by atoms with Crippen molar-refractivity contribution in [2.24, 2.45) is 5.73 Å². The molecule has 0 bridgehead atoms. The smallest absolute Gasteiger partial charge is 0.109 e. The van der Waals surface area contributed by atoms with Crippen LogP contribution in [0.4, 0.5) is 0 Å². The van der Waals surface area contributed by atoms with Crippen molar-refractivity contribution in [1.82, 2.24) is 9.55 Å². The number of para-hydroxylation sites is 2. The average Bonchev–Trinajstić information content (AvgIpc) is 2.75. The van der Waals surface area contributed by atoms with Crippen molar-refractivity contribution >= 4 is 11.0 Å². The predicted octanol–water partition coefficient (Wildman–Crippen LogP) is 3.12. The topological polar surface area (TPSA) is 43.8 Å². The van der Waals surface area contributed by atoms with Gasteiger partial charge in [0.1, 0.15) is 5.82 Å². The number of aromatic nitrogens is 2. The molecule has 1 aromatic carbocycles. The maximum Gasteiger partial charge on any atom is 0.109 e. The summed E-state index contributed by atoms with van der Waals surface area (Å²) in [6, 6.07) is 8.42. The number of nitrogens with two attached hydrogens (primary N) is 1. The molecule has 0 saturated heterocycles. The maximum atomic E-state index is 5.57. The molecular weight excluding hydrogens is 222 g/mol. The van der Waals surface area contributed by atoms with Gasteiger partial charge in [-0.05, 0) is 37.9 Å². The van der Waals surface area contributed by atoms with Crippen LogP contribution in [-0.4, -0.2) is 16.1 Å². The lowest BCUT2D eigenvalue weighted by Crippen LogP contribution is -2.06. The second-order valence-electron chi connectivity index (χ2n) is 4.77. The molecule has 0 unspecified atom stereocenters. The second-order valence-corrected chi connectivity index (χ2v) is 4.77. The van der Waals surface area contributed by atoms with Crippen molar-refractivity contribution in [3.8, 4) is 0 Å². The van der Waals surface area contributed by atoms with Crippen LogP contribution in [0.25, 0.3) is 11.0 Å². The first-order valence-corrected chi connectivity index (χ1v) is 7.01. The van der Waals surface area contributed by atoms with Crippen molar-refractivity contribution in [1.29, 1.82) is 0 Å². The number of benzene rings is 1. The van der Waals surface area contributed by atoms with E-state index in [0.29, 0.717) is 0 Å². The van der Waals surface area contributed by atoms with E-state index in [1.807, 2.05) is 0 Å². The Bertz CT molecular complexity index is 487. The highest BCUT2D eigenvalue weighted by atomic mass is 15.1. The van der Waals surface area contributed by atoms with Crippen LogP contribution in [-0.2, 0) is 13.0 Å². The summed E-state index contributed by atoms with van der Waals surface area (Å²) in [7, 11) is 0. The largest absolute Gasteiger partial charge is 0.330 e. The van der Waals surface area contributed by atoms with Gasteiger partial charge in [-0.1, -0.05) is 25.5 Å². The third kappa shape index (κ3) is 2.91. The Morgan fingerprint density at radius 2 is 2.00 bits per heavy atom. The first-order valence-electron chi connectivity index (χ1n) is 7.01. The fourth-order valence-electron chi connectivity index (χ4n) is 2.31. The van der Waals surface area contributed by atoms with Crippen LogP contribution in [0.5, 0.6) is 0 Å². The molecule has 98 valence electrons. The number of imidazole rings is 1. The van der Waals surface area contributed by atoms with Crippen molar-refractivity contribution in [3.63, 3.8) is 0 Å². The normalized spacial score (nSPS) is 11.2. The van der Waals surface area contributed by atoms with E-state index >= 15 is 0 Å². The third-order valence-corrected chi connectivity index (χ3v) is 3.32. The fraction of sp³-hybridized carbons (Fsp3) is 0.533. The van der Waals surface area contributed by atoms with Crippen LogP contribution in [0.15, 0.2) is 24.3 Å². The number of aryl methyl sites for hydroxylation is 2. The standard InChI is InChI=1S/C15H23N3/c1-2-3-10-15-17-13-8-4-5-9-14(13)18(15)12-7-6-11-16/h4-5,8-9H,2-3,6-7,10-12,16H2,1H3. The van der Waals surface area contributed by atoms with Gasteiger partial charge in [-0.3, -0.25) is 0 Å². The first-order chi connectivity index (χ1) is 8.86. The number of unbranched alkanes of at least 4 members (excludes halogenated alkanes) is 2. The molecule has 3 nitrogen and oxygen atoms in total. The minimum absolute atomic E-state index is 0.775. The molecule has 18 heavy (non-hydrogen) atoms. The first kappa shape index (κ1) is 13.1. The molecule has 2 N–H and O–H groups in total. The summed E-state index contributed by atoms with van der Waals surface area (Å²) in [5.74, 6) is 1.23. The molecule has 2 aromatic rings. The molecule has 0 aliphatic rings. The van der Waals surface area contributed by atoms with Gasteiger partial charge in [0.15, 0.2) is 0 Å². The fourth-order valence-corrected chi connectivity index (χ4v) is 2.31. The Kier molecular flexibility index (Phi) is 4.76. The van der Waals surface area contributed by atoms with E-state index in [1.54, 1.807) is 0 Å². The van der Waals surface area contributed by atoms with Gasteiger partial charge < -0.3 is 10.3 Å². The van der Waals surface area contributed by atoms with Gasteiger partial charge in [0.05, 0.1) is 11.0 Å². The molecule has 1 aromatic heterocycles. The molecule has 0 atom stereocenters. The minimum Gasteiger partial charge on any atom is -0.330 e. The summed E-state index contributed by atoms with van der Waals surface area (Å²) in [4.78, 5) is 4.76. The molecule has 0 aliphatic carbocycles. The van der Waals surface area contributed by atoms with E-state index in [4.69, 9.17) is 10.7 Å². The summed E-state index contributed by atoms with van der Waals surface area (Å²) in [5.41, 5.74) is 7.96.